The molecule has 3 aromatic rings. The lowest BCUT2D eigenvalue weighted by Crippen LogP contribution is -2.50. The molecule has 0 radical (unpaired) electrons. The Balaban J connectivity index is 1.41. The fraction of sp³-hybridized carbons (Fsp3) is 0.300. The molecule has 0 bridgehead atoms. The number of benzene rings is 1. The molecule has 150 valence electrons. The van der Waals surface area contributed by atoms with Gasteiger partial charge in [-0.25, -0.2) is 19.4 Å². The van der Waals surface area contributed by atoms with E-state index in [1.165, 1.54) is 0 Å². The van der Waals surface area contributed by atoms with Crippen LogP contribution in [0.5, 0.6) is 5.75 Å². The summed E-state index contributed by atoms with van der Waals surface area (Å²) in [6, 6.07) is 11.0. The largest absolute Gasteiger partial charge is 0.495 e. The number of piperazine rings is 1. The maximum atomic E-state index is 12.6. The van der Waals surface area contributed by atoms with Gasteiger partial charge in [-0.1, -0.05) is 12.1 Å². The fourth-order valence-corrected chi connectivity index (χ4v) is 3.30. The molecule has 1 saturated heterocycles. The van der Waals surface area contributed by atoms with Crippen molar-refractivity contribution < 1.29 is 9.53 Å². The summed E-state index contributed by atoms with van der Waals surface area (Å²) in [6.45, 7) is 4.44. The molecule has 9 heteroatoms. The van der Waals surface area contributed by atoms with Crippen LogP contribution >= 0.6 is 0 Å². The van der Waals surface area contributed by atoms with E-state index in [9.17, 15) is 4.79 Å². The van der Waals surface area contributed by atoms with Crippen molar-refractivity contribution in [1.82, 2.24) is 24.6 Å². The third-order valence-corrected chi connectivity index (χ3v) is 4.79. The van der Waals surface area contributed by atoms with Crippen LogP contribution in [0.3, 0.4) is 0 Å². The maximum absolute atomic E-state index is 12.6. The minimum Gasteiger partial charge on any atom is -0.495 e. The number of hydrogen-bond donors (Lipinski definition) is 1. The van der Waals surface area contributed by atoms with Crippen LogP contribution in [0.2, 0.25) is 0 Å². The SMILES string of the molecule is COc1ccccc1NC(=O)N1CCN(c2cc(-n3cccn3)nc(C)n2)CC1. The van der Waals surface area contributed by atoms with Crippen LogP contribution in [0.4, 0.5) is 16.3 Å². The van der Waals surface area contributed by atoms with E-state index in [0.29, 0.717) is 43.4 Å². The smallest absolute Gasteiger partial charge is 0.322 e. The Morgan fingerprint density at radius 2 is 1.83 bits per heavy atom. The van der Waals surface area contributed by atoms with E-state index in [1.54, 1.807) is 22.9 Å². The topological polar surface area (TPSA) is 88.4 Å². The minimum absolute atomic E-state index is 0.134. The van der Waals surface area contributed by atoms with Gasteiger partial charge in [0.1, 0.15) is 17.4 Å². The number of methoxy groups -OCH3 is 1. The number of nitrogens with one attached hydrogen (secondary N) is 1. The standard InChI is InChI=1S/C20H23N7O2/c1-15-22-18(14-19(23-15)27-9-5-8-21-27)25-10-12-26(13-11-25)20(28)24-16-6-3-4-7-17(16)29-2/h3-9,14H,10-13H2,1-2H3,(H,24,28). The number of urea groups is 1. The number of carbonyl (C=O) groups is 1. The molecule has 1 aliphatic rings. The Morgan fingerprint density at radius 3 is 2.55 bits per heavy atom. The molecule has 4 rings (SSSR count). The second-order valence-electron chi connectivity index (χ2n) is 6.69. The van der Waals surface area contributed by atoms with Gasteiger partial charge in [-0.2, -0.15) is 5.10 Å². The first kappa shape index (κ1) is 18.7. The van der Waals surface area contributed by atoms with Gasteiger partial charge in [0.25, 0.3) is 0 Å². The summed E-state index contributed by atoms with van der Waals surface area (Å²) < 4.78 is 7.02. The van der Waals surface area contributed by atoms with E-state index in [2.05, 4.69) is 25.3 Å². The molecular formula is C20H23N7O2. The second-order valence-corrected chi connectivity index (χ2v) is 6.69. The third kappa shape index (κ3) is 4.13. The van der Waals surface area contributed by atoms with Gasteiger partial charge in [0, 0.05) is 44.6 Å². The predicted octanol–water partition coefficient (Wildman–Crippen LogP) is 2.33. The number of nitrogens with zero attached hydrogens (tertiary/aromatic N) is 6. The number of aryl methyl sites for hydroxylation is 1. The van der Waals surface area contributed by atoms with Crippen LogP contribution in [-0.4, -0.2) is 64.0 Å². The van der Waals surface area contributed by atoms with Gasteiger partial charge >= 0.3 is 6.03 Å². The van der Waals surface area contributed by atoms with E-state index >= 15 is 0 Å². The Morgan fingerprint density at radius 1 is 1.07 bits per heavy atom. The zero-order valence-corrected chi connectivity index (χ0v) is 16.4. The zero-order valence-electron chi connectivity index (χ0n) is 16.4. The van der Waals surface area contributed by atoms with Crippen LogP contribution in [0.1, 0.15) is 5.82 Å². The molecule has 0 spiro atoms. The van der Waals surface area contributed by atoms with E-state index in [4.69, 9.17) is 4.74 Å². The van der Waals surface area contributed by atoms with Gasteiger partial charge in [-0.3, -0.25) is 0 Å². The van der Waals surface area contributed by atoms with Crippen LogP contribution in [0, 0.1) is 6.92 Å². The lowest BCUT2D eigenvalue weighted by Gasteiger charge is -2.35. The summed E-state index contributed by atoms with van der Waals surface area (Å²) in [6.07, 6.45) is 3.57. The van der Waals surface area contributed by atoms with Gasteiger partial charge in [-0.05, 0) is 25.1 Å². The molecular weight excluding hydrogens is 370 g/mol. The lowest BCUT2D eigenvalue weighted by atomic mass is 10.3. The quantitative estimate of drug-likeness (QED) is 0.732. The number of amides is 2. The Kier molecular flexibility index (Phi) is 5.28. The van der Waals surface area contributed by atoms with Crippen molar-refractivity contribution in [3.05, 3.63) is 54.6 Å². The normalized spacial score (nSPS) is 14.0. The summed E-state index contributed by atoms with van der Waals surface area (Å²) in [5, 5.41) is 7.17. The highest BCUT2D eigenvalue weighted by Crippen LogP contribution is 2.24. The van der Waals surface area contributed by atoms with E-state index in [1.807, 2.05) is 49.5 Å². The molecule has 9 nitrogen and oxygen atoms in total. The zero-order chi connectivity index (χ0) is 20.2. The molecule has 0 aliphatic carbocycles. The van der Waals surface area contributed by atoms with Gasteiger partial charge in [0.2, 0.25) is 0 Å². The highest BCUT2D eigenvalue weighted by Gasteiger charge is 2.23. The van der Waals surface area contributed by atoms with Crippen molar-refractivity contribution in [3.63, 3.8) is 0 Å². The number of carbonyl (C=O) groups excluding carboxylic acids is 1. The molecule has 2 aromatic heterocycles. The summed E-state index contributed by atoms with van der Waals surface area (Å²) in [4.78, 5) is 25.6. The van der Waals surface area contributed by atoms with Gasteiger partial charge in [-0.15, -0.1) is 0 Å². The average Bonchev–Trinajstić information content (AvgIpc) is 3.29. The lowest BCUT2D eigenvalue weighted by molar-refractivity contribution is 0.208. The first-order chi connectivity index (χ1) is 14.1. The number of para-hydroxylation sites is 2. The highest BCUT2D eigenvalue weighted by molar-refractivity contribution is 5.91. The molecule has 1 fully saturated rings. The molecule has 1 aromatic carbocycles. The predicted molar refractivity (Wildman–Crippen MR) is 110 cm³/mol. The van der Waals surface area contributed by atoms with E-state index in [-0.39, 0.29) is 6.03 Å². The summed E-state index contributed by atoms with van der Waals surface area (Å²) in [5.41, 5.74) is 0.665. The van der Waals surface area contributed by atoms with Crippen molar-refractivity contribution in [2.24, 2.45) is 0 Å². The molecule has 29 heavy (non-hydrogen) atoms. The second kappa shape index (κ2) is 8.17. The Bertz CT molecular complexity index is 982. The number of ether oxygens (including phenoxy) is 1. The van der Waals surface area contributed by atoms with Crippen LogP contribution in [-0.2, 0) is 0 Å². The monoisotopic (exact) mass is 393 g/mol. The van der Waals surface area contributed by atoms with Gasteiger partial charge < -0.3 is 19.9 Å². The van der Waals surface area contributed by atoms with Crippen molar-refractivity contribution in [3.8, 4) is 11.6 Å². The Labute approximate surface area is 168 Å². The maximum Gasteiger partial charge on any atom is 0.322 e. The molecule has 0 atom stereocenters. The van der Waals surface area contributed by atoms with E-state index in [0.717, 1.165) is 11.6 Å². The van der Waals surface area contributed by atoms with Crippen LogP contribution in [0.15, 0.2) is 48.8 Å². The molecule has 0 saturated carbocycles. The van der Waals surface area contributed by atoms with Gasteiger partial charge in [0.15, 0.2) is 5.82 Å². The average molecular weight is 393 g/mol. The number of hydrogen-bond acceptors (Lipinski definition) is 6. The van der Waals surface area contributed by atoms with Gasteiger partial charge in [0.05, 0.1) is 12.8 Å². The summed E-state index contributed by atoms with van der Waals surface area (Å²) >= 11 is 0. The van der Waals surface area contributed by atoms with Crippen LogP contribution in [0.25, 0.3) is 5.82 Å². The molecule has 0 unspecified atom stereocenters. The van der Waals surface area contributed by atoms with Crippen molar-refractivity contribution in [2.75, 3.05) is 43.5 Å². The molecule has 1 N–H and O–H groups in total. The van der Waals surface area contributed by atoms with Crippen molar-refractivity contribution in [2.45, 2.75) is 6.92 Å². The number of aromatic nitrogens is 4. The van der Waals surface area contributed by atoms with E-state index < -0.39 is 0 Å². The third-order valence-electron chi connectivity index (χ3n) is 4.79. The first-order valence-electron chi connectivity index (χ1n) is 9.43. The molecule has 1 aliphatic heterocycles. The van der Waals surface area contributed by atoms with Crippen molar-refractivity contribution in [1.29, 1.82) is 0 Å². The minimum atomic E-state index is -0.134. The number of anilines is 2. The first-order valence-corrected chi connectivity index (χ1v) is 9.43. The highest BCUT2D eigenvalue weighted by atomic mass is 16.5. The molecule has 3 heterocycles. The van der Waals surface area contributed by atoms with Crippen molar-refractivity contribution >= 4 is 17.5 Å². The Hall–Kier alpha value is -3.62. The summed E-state index contributed by atoms with van der Waals surface area (Å²) in [5.74, 6) is 2.90. The van der Waals surface area contributed by atoms with Crippen LogP contribution < -0.4 is 15.0 Å². The fourth-order valence-electron chi connectivity index (χ4n) is 3.30. The summed E-state index contributed by atoms with van der Waals surface area (Å²) in [7, 11) is 1.59. The molecule has 2 amide bonds. The number of rotatable bonds is 4.